The number of hydrogen-bond donors (Lipinski definition) is 0. The highest BCUT2D eigenvalue weighted by atomic mass is 35.5. The number of aryl methyl sites for hydroxylation is 1. The van der Waals surface area contributed by atoms with E-state index in [-0.39, 0.29) is 22.6 Å². The molecule has 10 heteroatoms. The number of halogens is 1. The van der Waals surface area contributed by atoms with E-state index in [1.807, 2.05) is 0 Å². The minimum atomic E-state index is -0.738. The van der Waals surface area contributed by atoms with Crippen molar-refractivity contribution in [3.63, 3.8) is 0 Å². The summed E-state index contributed by atoms with van der Waals surface area (Å²) in [6, 6.07) is 3.90. The monoisotopic (exact) mass is 310 g/mol. The molecule has 0 saturated heterocycles. The molecular weight excluding hydrogens is 304 g/mol. The molecule has 1 aromatic heterocycles. The van der Waals surface area contributed by atoms with Crippen LogP contribution in [0.5, 0.6) is 11.6 Å². The lowest BCUT2D eigenvalue weighted by molar-refractivity contribution is -0.386. The Labute approximate surface area is 122 Å². The van der Waals surface area contributed by atoms with E-state index in [4.69, 9.17) is 16.3 Å². The molecule has 0 aliphatic heterocycles. The predicted molar refractivity (Wildman–Crippen MR) is 71.6 cm³/mol. The molecule has 108 valence electrons. The molecule has 21 heavy (non-hydrogen) atoms. The van der Waals surface area contributed by atoms with Gasteiger partial charge in [0.25, 0.3) is 5.69 Å². The summed E-state index contributed by atoms with van der Waals surface area (Å²) in [5.41, 5.74) is -0.159. The number of aromatic nitrogens is 2. The van der Waals surface area contributed by atoms with Gasteiger partial charge in [0.05, 0.1) is 15.9 Å². The zero-order valence-corrected chi connectivity index (χ0v) is 11.3. The van der Waals surface area contributed by atoms with Crippen molar-refractivity contribution in [2.75, 3.05) is 0 Å². The first-order chi connectivity index (χ1) is 9.88. The standard InChI is InChI=1S/C11H7ClN4O5/c1-6-2-3-7(15(17)18)4-9(6)21-10-8(16(19)20)5-13-11(12)14-10/h2-5H,1H3. The van der Waals surface area contributed by atoms with Crippen molar-refractivity contribution >= 4 is 23.0 Å². The Kier molecular flexibility index (Phi) is 3.94. The van der Waals surface area contributed by atoms with E-state index in [2.05, 4.69) is 9.97 Å². The fraction of sp³-hybridized carbons (Fsp3) is 0.0909. The van der Waals surface area contributed by atoms with Crippen LogP contribution in [0.25, 0.3) is 0 Å². The van der Waals surface area contributed by atoms with Gasteiger partial charge in [-0.3, -0.25) is 20.2 Å². The van der Waals surface area contributed by atoms with Crippen molar-refractivity contribution < 1.29 is 14.6 Å². The van der Waals surface area contributed by atoms with Crippen molar-refractivity contribution in [2.24, 2.45) is 0 Å². The van der Waals surface area contributed by atoms with Crippen LogP contribution in [-0.2, 0) is 0 Å². The number of nitro benzene ring substituents is 1. The lowest BCUT2D eigenvalue weighted by Gasteiger charge is -2.07. The first-order valence-electron chi connectivity index (χ1n) is 5.48. The summed E-state index contributed by atoms with van der Waals surface area (Å²) in [6.45, 7) is 1.63. The number of hydrogen-bond acceptors (Lipinski definition) is 7. The first-order valence-corrected chi connectivity index (χ1v) is 5.86. The molecule has 0 radical (unpaired) electrons. The molecule has 0 bridgehead atoms. The molecule has 0 aliphatic rings. The van der Waals surface area contributed by atoms with Crippen LogP contribution < -0.4 is 4.74 Å². The summed E-state index contributed by atoms with van der Waals surface area (Å²) in [5, 5.41) is 21.4. The Hall–Kier alpha value is -2.81. The summed E-state index contributed by atoms with van der Waals surface area (Å²) in [6.07, 6.45) is 0.900. The van der Waals surface area contributed by atoms with Gasteiger partial charge < -0.3 is 4.74 Å². The van der Waals surface area contributed by atoms with E-state index in [1.165, 1.54) is 12.1 Å². The van der Waals surface area contributed by atoms with Crippen molar-refractivity contribution in [3.05, 3.63) is 55.5 Å². The predicted octanol–water partition coefficient (Wildman–Crippen LogP) is 3.05. The number of rotatable bonds is 4. The Morgan fingerprint density at radius 1 is 1.24 bits per heavy atom. The summed E-state index contributed by atoms with van der Waals surface area (Å²) >= 11 is 5.58. The van der Waals surface area contributed by atoms with Gasteiger partial charge in [-0.05, 0) is 30.2 Å². The van der Waals surface area contributed by atoms with E-state index in [1.54, 1.807) is 6.92 Å². The van der Waals surface area contributed by atoms with Gasteiger partial charge in [-0.1, -0.05) is 0 Å². The molecule has 0 spiro atoms. The van der Waals surface area contributed by atoms with Crippen LogP contribution in [0, 0.1) is 27.2 Å². The van der Waals surface area contributed by atoms with Crippen molar-refractivity contribution in [1.29, 1.82) is 0 Å². The van der Waals surface area contributed by atoms with Gasteiger partial charge in [-0.25, -0.2) is 4.98 Å². The normalized spacial score (nSPS) is 10.2. The Balaban J connectivity index is 2.47. The number of non-ortho nitro benzene ring substituents is 1. The van der Waals surface area contributed by atoms with Crippen LogP contribution in [0.2, 0.25) is 5.28 Å². The van der Waals surface area contributed by atoms with Gasteiger partial charge >= 0.3 is 11.6 Å². The van der Waals surface area contributed by atoms with Crippen LogP contribution in [-0.4, -0.2) is 19.8 Å². The maximum absolute atomic E-state index is 10.9. The van der Waals surface area contributed by atoms with Crippen molar-refractivity contribution in [3.8, 4) is 11.6 Å². The van der Waals surface area contributed by atoms with Crippen LogP contribution in [0.15, 0.2) is 24.4 Å². The van der Waals surface area contributed by atoms with Crippen molar-refractivity contribution in [2.45, 2.75) is 6.92 Å². The lowest BCUT2D eigenvalue weighted by atomic mass is 10.2. The Morgan fingerprint density at radius 2 is 1.95 bits per heavy atom. The van der Waals surface area contributed by atoms with Crippen LogP contribution >= 0.6 is 11.6 Å². The van der Waals surface area contributed by atoms with Crippen molar-refractivity contribution in [1.82, 2.24) is 9.97 Å². The second kappa shape index (κ2) is 5.67. The molecule has 0 N–H and O–H groups in total. The Morgan fingerprint density at radius 3 is 2.57 bits per heavy atom. The highest BCUT2D eigenvalue weighted by Crippen LogP contribution is 2.33. The highest BCUT2D eigenvalue weighted by molar-refractivity contribution is 6.28. The van der Waals surface area contributed by atoms with Gasteiger partial charge in [-0.15, -0.1) is 0 Å². The average molecular weight is 311 g/mol. The molecule has 0 aliphatic carbocycles. The summed E-state index contributed by atoms with van der Waals surface area (Å²) in [7, 11) is 0. The van der Waals surface area contributed by atoms with Gasteiger partial charge in [0.15, 0.2) is 0 Å². The molecule has 2 rings (SSSR count). The summed E-state index contributed by atoms with van der Waals surface area (Å²) < 4.78 is 5.29. The quantitative estimate of drug-likeness (QED) is 0.483. The topological polar surface area (TPSA) is 121 Å². The maximum Gasteiger partial charge on any atom is 0.349 e. The minimum Gasteiger partial charge on any atom is -0.433 e. The minimum absolute atomic E-state index is 0.0714. The van der Waals surface area contributed by atoms with E-state index >= 15 is 0 Å². The fourth-order valence-electron chi connectivity index (χ4n) is 1.46. The van der Waals surface area contributed by atoms with E-state index in [9.17, 15) is 20.2 Å². The number of nitrogens with zero attached hydrogens (tertiary/aromatic N) is 4. The molecule has 9 nitrogen and oxygen atoms in total. The average Bonchev–Trinajstić information content (AvgIpc) is 2.40. The summed E-state index contributed by atoms with van der Waals surface area (Å²) in [4.78, 5) is 27.4. The van der Waals surface area contributed by atoms with E-state index < -0.39 is 15.5 Å². The second-order valence-corrected chi connectivity index (χ2v) is 4.23. The van der Waals surface area contributed by atoms with Gasteiger partial charge in [0.2, 0.25) is 5.28 Å². The van der Waals surface area contributed by atoms with Crippen LogP contribution in [0.1, 0.15) is 5.56 Å². The van der Waals surface area contributed by atoms with E-state index in [0.717, 1.165) is 12.3 Å². The molecular formula is C11H7ClN4O5. The third-order valence-electron chi connectivity index (χ3n) is 2.49. The zero-order chi connectivity index (χ0) is 15.6. The number of ether oxygens (including phenoxy) is 1. The molecule has 1 heterocycles. The first kappa shape index (κ1) is 14.6. The molecule has 0 atom stereocenters. The maximum atomic E-state index is 10.9. The van der Waals surface area contributed by atoms with Gasteiger partial charge in [0.1, 0.15) is 11.9 Å². The van der Waals surface area contributed by atoms with Gasteiger partial charge in [-0.2, -0.15) is 4.98 Å². The number of benzene rings is 1. The largest absolute Gasteiger partial charge is 0.433 e. The lowest BCUT2D eigenvalue weighted by Crippen LogP contribution is -1.99. The van der Waals surface area contributed by atoms with Crippen LogP contribution in [0.3, 0.4) is 0 Å². The highest BCUT2D eigenvalue weighted by Gasteiger charge is 2.21. The molecule has 0 amide bonds. The second-order valence-electron chi connectivity index (χ2n) is 3.90. The number of nitro groups is 2. The molecule has 0 fully saturated rings. The molecule has 0 saturated carbocycles. The third kappa shape index (κ3) is 3.20. The Bertz CT molecular complexity index is 737. The fourth-order valence-corrected chi connectivity index (χ4v) is 1.58. The van der Waals surface area contributed by atoms with Crippen LogP contribution in [0.4, 0.5) is 11.4 Å². The van der Waals surface area contributed by atoms with E-state index in [0.29, 0.717) is 5.56 Å². The zero-order valence-electron chi connectivity index (χ0n) is 10.5. The summed E-state index contributed by atoms with van der Waals surface area (Å²) in [5.74, 6) is -0.314. The molecule has 0 unspecified atom stereocenters. The van der Waals surface area contributed by atoms with Gasteiger partial charge in [0, 0.05) is 6.07 Å². The molecule has 2 aromatic rings. The molecule has 1 aromatic carbocycles. The SMILES string of the molecule is Cc1ccc([N+](=O)[O-])cc1Oc1nc(Cl)ncc1[N+](=O)[O-]. The third-order valence-corrected chi connectivity index (χ3v) is 2.67. The smallest absolute Gasteiger partial charge is 0.349 e.